The van der Waals surface area contributed by atoms with Crippen LogP contribution in [0.1, 0.15) is 15.9 Å². The van der Waals surface area contributed by atoms with Crippen molar-refractivity contribution < 1.29 is 14.8 Å². The normalized spacial score (nSPS) is 10.9. The van der Waals surface area contributed by atoms with Crippen molar-refractivity contribution >= 4 is 35.9 Å². The highest BCUT2D eigenvalue weighted by Crippen LogP contribution is 2.21. The van der Waals surface area contributed by atoms with Gasteiger partial charge in [-0.05, 0) is 23.2 Å². The zero-order valence-electron chi connectivity index (χ0n) is 17.5. The van der Waals surface area contributed by atoms with E-state index in [2.05, 4.69) is 25.3 Å². The number of pyridine rings is 1. The predicted octanol–water partition coefficient (Wildman–Crippen LogP) is -0.357. The van der Waals surface area contributed by atoms with E-state index in [1.54, 1.807) is 52.0 Å². The van der Waals surface area contributed by atoms with Crippen LogP contribution in [0.3, 0.4) is 0 Å². The number of benzene rings is 1. The van der Waals surface area contributed by atoms with Crippen molar-refractivity contribution in [3.05, 3.63) is 59.9 Å². The molecule has 12 heteroatoms. The van der Waals surface area contributed by atoms with Crippen LogP contribution in [0.2, 0.25) is 0 Å². The number of nitrogens with zero attached hydrogens (tertiary/aromatic N) is 6. The first kappa shape index (κ1) is 21.2. The van der Waals surface area contributed by atoms with E-state index in [-0.39, 0.29) is 0 Å². The summed E-state index contributed by atoms with van der Waals surface area (Å²) in [5.41, 5.74) is 7.58. The van der Waals surface area contributed by atoms with Crippen molar-refractivity contribution in [2.75, 3.05) is 24.3 Å². The lowest BCUT2D eigenvalue weighted by atomic mass is 9.80. The molecule has 0 atom stereocenters. The van der Waals surface area contributed by atoms with Gasteiger partial charge in [-0.2, -0.15) is 15.0 Å². The zero-order chi connectivity index (χ0) is 22.8. The average molecular weight is 432 g/mol. The number of amides is 1. The molecule has 0 radical (unpaired) electrons. The first-order valence-corrected chi connectivity index (χ1v) is 9.72. The van der Waals surface area contributed by atoms with E-state index >= 15 is 0 Å². The van der Waals surface area contributed by atoms with Gasteiger partial charge < -0.3 is 26.0 Å². The minimum atomic E-state index is -1.54. The van der Waals surface area contributed by atoms with Gasteiger partial charge in [-0.15, -0.1) is 0 Å². The fourth-order valence-corrected chi connectivity index (χ4v) is 3.18. The molecule has 3 heterocycles. The van der Waals surface area contributed by atoms with Crippen molar-refractivity contribution in [2.45, 2.75) is 6.54 Å². The highest BCUT2D eigenvalue weighted by Gasteiger charge is 2.17. The van der Waals surface area contributed by atoms with E-state index in [1.807, 2.05) is 20.2 Å². The molecule has 0 spiro atoms. The zero-order valence-corrected chi connectivity index (χ0v) is 17.5. The molecule has 0 unspecified atom stereocenters. The Kier molecular flexibility index (Phi) is 5.71. The fourth-order valence-electron chi connectivity index (χ4n) is 3.18. The second-order valence-corrected chi connectivity index (χ2v) is 7.27. The lowest BCUT2D eigenvalue weighted by Crippen LogP contribution is -2.30. The Balaban J connectivity index is 1.70. The maximum absolute atomic E-state index is 11.7. The summed E-state index contributed by atoms with van der Waals surface area (Å²) in [6.07, 6.45) is 3.30. The van der Waals surface area contributed by atoms with Crippen molar-refractivity contribution in [1.29, 1.82) is 0 Å². The van der Waals surface area contributed by atoms with E-state index in [0.29, 0.717) is 46.6 Å². The molecule has 1 aromatic carbocycles. The summed E-state index contributed by atoms with van der Waals surface area (Å²) in [5, 5.41) is 21.9. The van der Waals surface area contributed by atoms with Gasteiger partial charge in [-0.25, -0.2) is 4.98 Å². The summed E-state index contributed by atoms with van der Waals surface area (Å²) in [6, 6.07) is 10.2. The molecule has 32 heavy (non-hydrogen) atoms. The van der Waals surface area contributed by atoms with Gasteiger partial charge in [0.25, 0.3) is 5.91 Å². The summed E-state index contributed by atoms with van der Waals surface area (Å²) < 4.78 is 1.70. The maximum Gasteiger partial charge on any atom is 0.488 e. The molecule has 0 aliphatic heterocycles. The number of rotatable bonds is 7. The van der Waals surface area contributed by atoms with Crippen LogP contribution in [0.15, 0.2) is 48.8 Å². The summed E-state index contributed by atoms with van der Waals surface area (Å²) in [5.74, 6) is 0.926. The van der Waals surface area contributed by atoms with Gasteiger partial charge in [-0.3, -0.25) is 9.20 Å². The lowest BCUT2D eigenvalue weighted by Gasteiger charge is -2.13. The fraction of sp³-hybridized carbons (Fsp3) is 0.150. The van der Waals surface area contributed by atoms with E-state index in [0.717, 1.165) is 5.56 Å². The number of fused-ring (bicyclic) bond motifs is 1. The van der Waals surface area contributed by atoms with Crippen LogP contribution in [0.5, 0.6) is 0 Å². The number of imidazole rings is 1. The van der Waals surface area contributed by atoms with E-state index < -0.39 is 13.0 Å². The number of carbonyl (C=O) groups excluding carboxylic acids is 1. The van der Waals surface area contributed by atoms with Gasteiger partial charge in [0.1, 0.15) is 0 Å². The van der Waals surface area contributed by atoms with Crippen molar-refractivity contribution in [1.82, 2.24) is 24.3 Å². The third-order valence-electron chi connectivity index (χ3n) is 4.76. The van der Waals surface area contributed by atoms with Gasteiger partial charge in [0.05, 0.1) is 17.3 Å². The highest BCUT2D eigenvalue weighted by atomic mass is 16.4. The van der Waals surface area contributed by atoms with Gasteiger partial charge in [-0.1, -0.05) is 24.3 Å². The Morgan fingerprint density at radius 3 is 2.72 bits per heavy atom. The Morgan fingerprint density at radius 2 is 2.00 bits per heavy atom. The first-order valence-electron chi connectivity index (χ1n) is 9.72. The Morgan fingerprint density at radius 1 is 1.19 bits per heavy atom. The molecule has 11 nitrogen and oxygen atoms in total. The molecule has 0 saturated heterocycles. The van der Waals surface area contributed by atoms with Crippen molar-refractivity contribution in [2.24, 2.45) is 5.73 Å². The third-order valence-corrected chi connectivity index (χ3v) is 4.76. The number of aromatic nitrogens is 5. The molecular formula is C20H21BN8O3. The Bertz CT molecular complexity index is 1290. The number of hydrogen-bond donors (Lipinski definition) is 4. The van der Waals surface area contributed by atoms with E-state index in [9.17, 15) is 14.8 Å². The van der Waals surface area contributed by atoms with E-state index in [1.165, 1.54) is 0 Å². The molecular weight excluding hydrogens is 411 g/mol. The molecule has 1 amide bonds. The molecule has 0 aliphatic carbocycles. The predicted molar refractivity (Wildman–Crippen MR) is 120 cm³/mol. The molecule has 4 rings (SSSR count). The summed E-state index contributed by atoms with van der Waals surface area (Å²) in [7, 11) is 2.08. The molecule has 0 saturated carbocycles. The Labute approximate surface area is 183 Å². The monoisotopic (exact) mass is 432 g/mol. The van der Waals surface area contributed by atoms with Crippen LogP contribution in [-0.2, 0) is 6.54 Å². The topological polar surface area (TPSA) is 155 Å². The second-order valence-electron chi connectivity index (χ2n) is 7.27. The minimum Gasteiger partial charge on any atom is -0.423 e. The second kappa shape index (κ2) is 8.61. The van der Waals surface area contributed by atoms with Crippen LogP contribution < -0.4 is 21.4 Å². The van der Waals surface area contributed by atoms with Crippen molar-refractivity contribution in [3.63, 3.8) is 0 Å². The molecule has 4 aromatic rings. The molecule has 0 fully saturated rings. The summed E-state index contributed by atoms with van der Waals surface area (Å²) in [6.45, 7) is 0.352. The van der Waals surface area contributed by atoms with Gasteiger partial charge in [0.2, 0.25) is 17.7 Å². The Hall–Kier alpha value is -4.03. The van der Waals surface area contributed by atoms with E-state index in [4.69, 9.17) is 5.73 Å². The van der Waals surface area contributed by atoms with Gasteiger partial charge in [0, 0.05) is 26.8 Å². The van der Waals surface area contributed by atoms with Gasteiger partial charge in [0.15, 0.2) is 5.82 Å². The standard InChI is InChI=1S/C20H21BN8O3/c1-28(2)20-26-17(18-23-11-15-14(16(22)30)7-4-8-29(15)18)25-19(27-20)24-10-12-5-3-6-13(9-12)21(31)32/h3-9,11,31-32H,10H2,1-2H3,(H2,22,30)(H,24,25,26,27). The van der Waals surface area contributed by atoms with Crippen LogP contribution in [0.25, 0.3) is 17.2 Å². The molecule has 3 aromatic heterocycles. The summed E-state index contributed by atoms with van der Waals surface area (Å²) >= 11 is 0. The number of anilines is 2. The quantitative estimate of drug-likeness (QED) is 0.287. The average Bonchev–Trinajstić information content (AvgIpc) is 3.21. The smallest absolute Gasteiger partial charge is 0.423 e. The number of hydrogen-bond acceptors (Lipinski definition) is 9. The van der Waals surface area contributed by atoms with Crippen molar-refractivity contribution in [3.8, 4) is 11.6 Å². The van der Waals surface area contributed by atoms with Crippen LogP contribution in [0.4, 0.5) is 11.9 Å². The number of nitrogens with two attached hydrogens (primary N) is 1. The largest absolute Gasteiger partial charge is 0.488 e. The number of carbonyl (C=O) groups is 1. The molecule has 0 bridgehead atoms. The van der Waals surface area contributed by atoms with Crippen LogP contribution in [-0.4, -0.2) is 61.5 Å². The molecule has 5 N–H and O–H groups in total. The number of primary amides is 1. The lowest BCUT2D eigenvalue weighted by molar-refractivity contribution is 0.100. The van der Waals surface area contributed by atoms with Crippen LogP contribution >= 0.6 is 0 Å². The third kappa shape index (κ3) is 4.22. The highest BCUT2D eigenvalue weighted by molar-refractivity contribution is 6.58. The molecule has 162 valence electrons. The van der Waals surface area contributed by atoms with Gasteiger partial charge >= 0.3 is 7.12 Å². The summed E-state index contributed by atoms with van der Waals surface area (Å²) in [4.78, 5) is 31.3. The minimum absolute atomic E-state index is 0.312. The van der Waals surface area contributed by atoms with Crippen LogP contribution in [0, 0.1) is 0 Å². The maximum atomic E-state index is 11.7. The number of nitrogens with one attached hydrogen (secondary N) is 1. The molecule has 0 aliphatic rings. The first-order chi connectivity index (χ1) is 15.3. The SMILES string of the molecule is CN(C)c1nc(NCc2cccc(B(O)O)c2)nc(-c2ncc3c(C(N)=O)cccn23)n1.